The fourth-order valence-electron chi connectivity index (χ4n) is 2.75. The lowest BCUT2D eigenvalue weighted by atomic mass is 10.2. The first kappa shape index (κ1) is 17.4. The van der Waals surface area contributed by atoms with Gasteiger partial charge in [-0.05, 0) is 35.9 Å². The number of nitrogens with one attached hydrogen (secondary N) is 1. The summed E-state index contributed by atoms with van der Waals surface area (Å²) in [6.07, 6.45) is 1.56. The number of carbonyl (C=O) groups excluding carboxylic acids is 1. The van der Waals surface area contributed by atoms with Gasteiger partial charge in [-0.3, -0.25) is 4.79 Å². The van der Waals surface area contributed by atoms with Crippen molar-refractivity contribution in [3.05, 3.63) is 70.6 Å². The van der Waals surface area contributed by atoms with Crippen LogP contribution in [0.25, 0.3) is 0 Å². The molecule has 0 spiro atoms. The number of halogens is 2. The van der Waals surface area contributed by atoms with Crippen LogP contribution in [0.5, 0.6) is 11.5 Å². The van der Waals surface area contributed by atoms with E-state index in [-0.39, 0.29) is 17.5 Å². The maximum absolute atomic E-state index is 13.6. The third kappa shape index (κ3) is 3.73. The highest BCUT2D eigenvalue weighted by molar-refractivity contribution is 6.30. The number of hydrogen-bond donors (Lipinski definition) is 1. The van der Waals surface area contributed by atoms with E-state index >= 15 is 0 Å². The van der Waals surface area contributed by atoms with Gasteiger partial charge in [0.2, 0.25) is 0 Å². The second kappa shape index (κ2) is 7.28. The zero-order chi connectivity index (χ0) is 18.8. The molecule has 2 heterocycles. The Balaban J connectivity index is 1.51. The van der Waals surface area contributed by atoms with Crippen molar-refractivity contribution in [2.45, 2.75) is 6.54 Å². The van der Waals surface area contributed by atoms with Crippen LogP contribution in [0, 0.1) is 5.82 Å². The average Bonchev–Trinajstić information content (AvgIpc) is 3.11. The fourth-order valence-corrected chi connectivity index (χ4v) is 2.87. The third-order valence-electron chi connectivity index (χ3n) is 4.08. The van der Waals surface area contributed by atoms with E-state index in [1.807, 2.05) is 0 Å². The lowest BCUT2D eigenvalue weighted by Crippen LogP contribution is -2.18. The topological polar surface area (TPSA) is 65.4 Å². The average molecular weight is 388 g/mol. The third-order valence-corrected chi connectivity index (χ3v) is 4.39. The Bertz CT molecular complexity index is 1010. The Morgan fingerprint density at radius 3 is 2.78 bits per heavy atom. The Kier molecular flexibility index (Phi) is 4.68. The summed E-state index contributed by atoms with van der Waals surface area (Å²) in [6, 6.07) is 11.2. The summed E-state index contributed by atoms with van der Waals surface area (Å²) in [5, 5.41) is 7.05. The minimum Gasteiger partial charge on any atom is -0.486 e. The molecular weight excluding hydrogens is 373 g/mol. The van der Waals surface area contributed by atoms with E-state index in [0.717, 1.165) is 0 Å². The van der Waals surface area contributed by atoms with Crippen molar-refractivity contribution in [3.8, 4) is 11.5 Å². The number of hydrogen-bond acceptors (Lipinski definition) is 4. The van der Waals surface area contributed by atoms with Gasteiger partial charge in [-0.1, -0.05) is 17.7 Å². The molecule has 1 amide bonds. The minimum atomic E-state index is -0.497. The van der Waals surface area contributed by atoms with Gasteiger partial charge in [-0.2, -0.15) is 5.10 Å². The molecule has 1 aromatic heterocycles. The van der Waals surface area contributed by atoms with Gasteiger partial charge in [0.05, 0.1) is 17.8 Å². The van der Waals surface area contributed by atoms with Crippen molar-refractivity contribution >= 4 is 23.3 Å². The second-order valence-corrected chi connectivity index (χ2v) is 6.34. The summed E-state index contributed by atoms with van der Waals surface area (Å²) in [5.74, 6) is 0.844. The molecule has 0 bridgehead atoms. The van der Waals surface area contributed by atoms with Crippen LogP contribution in [-0.4, -0.2) is 28.9 Å². The summed E-state index contributed by atoms with van der Waals surface area (Å²) in [4.78, 5) is 12.6. The number of anilines is 1. The minimum absolute atomic E-state index is 0.0614. The summed E-state index contributed by atoms with van der Waals surface area (Å²) >= 11 is 5.71. The first-order chi connectivity index (χ1) is 13.1. The molecular formula is C19H15ClFN3O3. The highest BCUT2D eigenvalue weighted by Gasteiger charge is 2.16. The lowest BCUT2D eigenvalue weighted by molar-refractivity contribution is 0.102. The van der Waals surface area contributed by atoms with Crippen LogP contribution in [-0.2, 0) is 6.54 Å². The number of amides is 1. The van der Waals surface area contributed by atoms with E-state index in [2.05, 4.69) is 10.4 Å². The molecule has 0 aliphatic carbocycles. The zero-order valence-electron chi connectivity index (χ0n) is 14.1. The number of benzene rings is 2. The van der Waals surface area contributed by atoms with E-state index < -0.39 is 5.82 Å². The standard InChI is InChI=1S/C19H15ClFN3O3/c20-14-3-1-12(9-15(14)21)11-24-18(5-6-22-24)23-19(25)13-2-4-16-17(10-13)27-8-7-26-16/h1-6,9-10H,7-8,11H2,(H,23,25). The highest BCUT2D eigenvalue weighted by Crippen LogP contribution is 2.31. The van der Waals surface area contributed by atoms with Gasteiger partial charge in [0.25, 0.3) is 5.91 Å². The lowest BCUT2D eigenvalue weighted by Gasteiger charge is -2.18. The maximum atomic E-state index is 13.6. The van der Waals surface area contributed by atoms with Crippen molar-refractivity contribution in [1.82, 2.24) is 9.78 Å². The van der Waals surface area contributed by atoms with Crippen molar-refractivity contribution < 1.29 is 18.7 Å². The molecule has 0 saturated heterocycles. The van der Waals surface area contributed by atoms with Crippen LogP contribution < -0.4 is 14.8 Å². The summed E-state index contributed by atoms with van der Waals surface area (Å²) in [7, 11) is 0. The Hall–Kier alpha value is -3.06. The number of fused-ring (bicyclic) bond motifs is 1. The second-order valence-electron chi connectivity index (χ2n) is 5.94. The largest absolute Gasteiger partial charge is 0.486 e. The Morgan fingerprint density at radius 1 is 1.15 bits per heavy atom. The first-order valence-electron chi connectivity index (χ1n) is 8.27. The molecule has 3 aromatic rings. The number of rotatable bonds is 4. The molecule has 1 aliphatic rings. The van der Waals surface area contributed by atoms with Gasteiger partial charge in [-0.25, -0.2) is 9.07 Å². The van der Waals surface area contributed by atoms with Crippen molar-refractivity contribution in [3.63, 3.8) is 0 Å². The van der Waals surface area contributed by atoms with Crippen molar-refractivity contribution in [2.75, 3.05) is 18.5 Å². The van der Waals surface area contributed by atoms with Crippen molar-refractivity contribution in [2.24, 2.45) is 0 Å². The molecule has 0 radical (unpaired) electrons. The first-order valence-corrected chi connectivity index (χ1v) is 8.65. The SMILES string of the molecule is O=C(Nc1ccnn1Cc1ccc(Cl)c(F)c1)c1ccc2c(c1)OCCO2. The molecule has 0 atom stereocenters. The smallest absolute Gasteiger partial charge is 0.256 e. The number of ether oxygens (including phenoxy) is 2. The Morgan fingerprint density at radius 2 is 1.96 bits per heavy atom. The van der Waals surface area contributed by atoms with E-state index in [1.54, 1.807) is 41.2 Å². The van der Waals surface area contributed by atoms with E-state index in [4.69, 9.17) is 21.1 Å². The molecule has 1 aliphatic heterocycles. The molecule has 138 valence electrons. The molecule has 2 aromatic carbocycles. The van der Waals surface area contributed by atoms with E-state index in [9.17, 15) is 9.18 Å². The normalized spacial score (nSPS) is 12.7. The molecule has 0 saturated carbocycles. The van der Waals surface area contributed by atoms with Gasteiger partial charge >= 0.3 is 0 Å². The summed E-state index contributed by atoms with van der Waals surface area (Å²) in [6.45, 7) is 1.23. The van der Waals surface area contributed by atoms with Crippen LogP contribution in [0.2, 0.25) is 5.02 Å². The van der Waals surface area contributed by atoms with Crippen LogP contribution in [0.1, 0.15) is 15.9 Å². The Labute approximate surface area is 159 Å². The summed E-state index contributed by atoms with van der Waals surface area (Å²) < 4.78 is 26.2. The predicted molar refractivity (Wildman–Crippen MR) is 98.1 cm³/mol. The van der Waals surface area contributed by atoms with Gasteiger partial charge in [0, 0.05) is 11.6 Å². The fraction of sp³-hybridized carbons (Fsp3) is 0.158. The van der Waals surface area contributed by atoms with Gasteiger partial charge in [-0.15, -0.1) is 0 Å². The van der Waals surface area contributed by atoms with E-state index in [1.165, 1.54) is 12.1 Å². The molecule has 0 fully saturated rings. The van der Waals surface area contributed by atoms with E-state index in [0.29, 0.717) is 41.7 Å². The predicted octanol–water partition coefficient (Wildman–Crippen LogP) is 3.75. The van der Waals surface area contributed by atoms with Crippen LogP contribution in [0.4, 0.5) is 10.2 Å². The van der Waals surface area contributed by atoms with Gasteiger partial charge < -0.3 is 14.8 Å². The zero-order valence-corrected chi connectivity index (χ0v) is 14.9. The number of aromatic nitrogens is 2. The molecule has 0 unspecified atom stereocenters. The molecule has 1 N–H and O–H groups in total. The van der Waals surface area contributed by atoms with Crippen LogP contribution in [0.15, 0.2) is 48.7 Å². The van der Waals surface area contributed by atoms with Crippen LogP contribution >= 0.6 is 11.6 Å². The molecule has 27 heavy (non-hydrogen) atoms. The quantitative estimate of drug-likeness (QED) is 0.740. The summed E-state index contributed by atoms with van der Waals surface area (Å²) in [5.41, 5.74) is 1.11. The maximum Gasteiger partial charge on any atom is 0.256 e. The van der Waals surface area contributed by atoms with Gasteiger partial charge in [0.1, 0.15) is 24.8 Å². The number of nitrogens with zero attached hydrogens (tertiary/aromatic N) is 2. The van der Waals surface area contributed by atoms with Crippen LogP contribution in [0.3, 0.4) is 0 Å². The van der Waals surface area contributed by atoms with Gasteiger partial charge in [0.15, 0.2) is 11.5 Å². The molecule has 6 nitrogen and oxygen atoms in total. The number of carbonyl (C=O) groups is 1. The highest BCUT2D eigenvalue weighted by atomic mass is 35.5. The molecule has 8 heteroatoms. The monoisotopic (exact) mass is 387 g/mol. The molecule has 4 rings (SSSR count). The van der Waals surface area contributed by atoms with Crippen molar-refractivity contribution in [1.29, 1.82) is 0 Å².